The van der Waals surface area contributed by atoms with Gasteiger partial charge in [-0.05, 0) is 6.07 Å². The zero-order chi connectivity index (χ0) is 10.0. The van der Waals surface area contributed by atoms with E-state index in [-0.39, 0.29) is 16.5 Å². The normalized spacial score (nSPS) is 10.1. The van der Waals surface area contributed by atoms with Gasteiger partial charge in [0.05, 0.1) is 5.56 Å². The van der Waals surface area contributed by atoms with Crippen molar-refractivity contribution in [2.24, 2.45) is 0 Å². The number of carboxylic acid groups (broad SMARTS) is 1. The minimum absolute atomic E-state index is 0.0424. The number of rotatable bonds is 2. The summed E-state index contributed by atoms with van der Waals surface area (Å²) in [5.41, 5.74) is -0.400. The average Bonchev–Trinajstić information content (AvgIpc) is 2.02. The van der Waals surface area contributed by atoms with Gasteiger partial charge >= 0.3 is 5.97 Å². The number of hydrogen-bond acceptors (Lipinski definition) is 1. The number of carboxylic acids is 1. The van der Waals surface area contributed by atoms with Gasteiger partial charge in [-0.1, -0.05) is 15.9 Å². The summed E-state index contributed by atoms with van der Waals surface area (Å²) in [4.78, 5) is 10.5. The first kappa shape index (κ1) is 10.1. The van der Waals surface area contributed by atoms with Crippen LogP contribution in [0.3, 0.4) is 0 Å². The van der Waals surface area contributed by atoms with Gasteiger partial charge in [0.2, 0.25) is 0 Å². The Labute approximate surface area is 81.3 Å². The molecule has 0 amide bonds. The molecule has 0 aliphatic rings. The van der Waals surface area contributed by atoms with Gasteiger partial charge in [-0.25, -0.2) is 13.6 Å². The highest BCUT2D eigenvalue weighted by atomic mass is 79.9. The second-order valence-corrected chi connectivity index (χ2v) is 2.91. The first-order valence-corrected chi connectivity index (χ1v) is 4.45. The van der Waals surface area contributed by atoms with Crippen molar-refractivity contribution in [1.29, 1.82) is 0 Å². The van der Waals surface area contributed by atoms with Gasteiger partial charge in [-0.15, -0.1) is 0 Å². The van der Waals surface area contributed by atoms with Crippen LogP contribution in [0.5, 0.6) is 0 Å². The van der Waals surface area contributed by atoms with E-state index in [9.17, 15) is 13.6 Å². The van der Waals surface area contributed by atoms with E-state index >= 15 is 0 Å². The molecular weight excluding hydrogens is 246 g/mol. The fourth-order valence-corrected chi connectivity index (χ4v) is 1.50. The molecule has 0 fully saturated rings. The highest BCUT2D eigenvalue weighted by Gasteiger charge is 2.15. The number of carbonyl (C=O) groups is 1. The quantitative estimate of drug-likeness (QED) is 0.820. The van der Waals surface area contributed by atoms with E-state index in [2.05, 4.69) is 15.9 Å². The van der Waals surface area contributed by atoms with Crippen LogP contribution in [0.25, 0.3) is 0 Å². The summed E-state index contributed by atoms with van der Waals surface area (Å²) in [5, 5.41) is 8.63. The number of hydrogen-bond donors (Lipinski definition) is 1. The van der Waals surface area contributed by atoms with Crippen LogP contribution in [0.2, 0.25) is 0 Å². The molecule has 1 rings (SSSR count). The zero-order valence-electron chi connectivity index (χ0n) is 6.35. The Hall–Kier alpha value is -0.970. The Bertz CT molecular complexity index is 352. The van der Waals surface area contributed by atoms with E-state index < -0.39 is 17.6 Å². The maximum absolute atomic E-state index is 12.9. The lowest BCUT2D eigenvalue weighted by atomic mass is 10.1. The van der Waals surface area contributed by atoms with Gasteiger partial charge in [0.25, 0.3) is 0 Å². The van der Waals surface area contributed by atoms with Crippen molar-refractivity contribution in [2.75, 3.05) is 0 Å². The number of halogens is 3. The molecule has 0 unspecified atom stereocenters. The molecular formula is C8H5BrF2O2. The molecule has 1 N–H and O–H groups in total. The molecule has 0 bridgehead atoms. The lowest BCUT2D eigenvalue weighted by Crippen LogP contribution is -2.04. The Kier molecular flexibility index (Phi) is 2.98. The van der Waals surface area contributed by atoms with E-state index in [0.29, 0.717) is 6.07 Å². The molecule has 0 aliphatic carbocycles. The van der Waals surface area contributed by atoms with Crippen LogP contribution in [-0.4, -0.2) is 11.1 Å². The van der Waals surface area contributed by atoms with Gasteiger partial charge in [-0.2, -0.15) is 0 Å². The van der Waals surface area contributed by atoms with E-state index in [1.54, 1.807) is 0 Å². The SMILES string of the molecule is O=C(O)c1cc(F)cc(F)c1CBr. The first-order chi connectivity index (χ1) is 6.06. The number of benzene rings is 1. The molecule has 5 heteroatoms. The predicted octanol–water partition coefficient (Wildman–Crippen LogP) is 2.56. The number of aromatic carboxylic acids is 1. The summed E-state index contributed by atoms with van der Waals surface area (Å²) in [6.07, 6.45) is 0. The van der Waals surface area contributed by atoms with Crippen molar-refractivity contribution in [3.63, 3.8) is 0 Å². The molecule has 13 heavy (non-hydrogen) atoms. The van der Waals surface area contributed by atoms with E-state index in [0.717, 1.165) is 6.07 Å². The monoisotopic (exact) mass is 250 g/mol. The fraction of sp³-hybridized carbons (Fsp3) is 0.125. The molecule has 1 aromatic carbocycles. The van der Waals surface area contributed by atoms with Crippen molar-refractivity contribution in [3.05, 3.63) is 34.9 Å². The lowest BCUT2D eigenvalue weighted by molar-refractivity contribution is 0.0694. The smallest absolute Gasteiger partial charge is 0.336 e. The van der Waals surface area contributed by atoms with Crippen LogP contribution < -0.4 is 0 Å². The fourth-order valence-electron chi connectivity index (χ4n) is 0.930. The Balaban J connectivity index is 3.38. The Morgan fingerprint density at radius 3 is 2.54 bits per heavy atom. The maximum atomic E-state index is 12.9. The largest absolute Gasteiger partial charge is 0.478 e. The first-order valence-electron chi connectivity index (χ1n) is 3.33. The molecule has 0 heterocycles. The molecule has 0 saturated carbocycles. The second kappa shape index (κ2) is 3.83. The third-order valence-corrected chi connectivity index (χ3v) is 2.09. The van der Waals surface area contributed by atoms with Crippen LogP contribution >= 0.6 is 15.9 Å². The van der Waals surface area contributed by atoms with Crippen molar-refractivity contribution < 1.29 is 18.7 Å². The average molecular weight is 251 g/mol. The van der Waals surface area contributed by atoms with Crippen LogP contribution in [0.15, 0.2) is 12.1 Å². The van der Waals surface area contributed by atoms with Crippen molar-refractivity contribution in [2.45, 2.75) is 5.33 Å². The molecule has 0 radical (unpaired) electrons. The molecule has 0 spiro atoms. The van der Waals surface area contributed by atoms with Crippen molar-refractivity contribution in [3.8, 4) is 0 Å². The summed E-state index contributed by atoms with van der Waals surface area (Å²) in [7, 11) is 0. The summed E-state index contributed by atoms with van der Waals surface area (Å²) >= 11 is 2.93. The minimum atomic E-state index is -1.34. The molecule has 0 aromatic heterocycles. The maximum Gasteiger partial charge on any atom is 0.336 e. The van der Waals surface area contributed by atoms with Crippen molar-refractivity contribution in [1.82, 2.24) is 0 Å². The third-order valence-electron chi connectivity index (χ3n) is 1.52. The lowest BCUT2D eigenvalue weighted by Gasteiger charge is -2.03. The van der Waals surface area contributed by atoms with Gasteiger partial charge in [0, 0.05) is 17.0 Å². The Morgan fingerprint density at radius 2 is 2.08 bits per heavy atom. The van der Waals surface area contributed by atoms with Crippen LogP contribution in [0.1, 0.15) is 15.9 Å². The molecule has 2 nitrogen and oxygen atoms in total. The molecule has 0 aliphatic heterocycles. The summed E-state index contributed by atoms with van der Waals surface area (Å²) in [6.45, 7) is 0. The molecule has 70 valence electrons. The highest BCUT2D eigenvalue weighted by molar-refractivity contribution is 9.08. The highest BCUT2D eigenvalue weighted by Crippen LogP contribution is 2.18. The standard InChI is InChI=1S/C8H5BrF2O2/c9-3-6-5(8(12)13)1-4(10)2-7(6)11/h1-2H,3H2,(H,12,13). The van der Waals surface area contributed by atoms with Gasteiger partial charge in [0.15, 0.2) is 0 Å². The predicted molar refractivity (Wildman–Crippen MR) is 45.9 cm³/mol. The van der Waals surface area contributed by atoms with Crippen LogP contribution in [0.4, 0.5) is 8.78 Å². The van der Waals surface area contributed by atoms with Gasteiger partial charge < -0.3 is 5.11 Å². The summed E-state index contributed by atoms with van der Waals surface area (Å²) in [5.74, 6) is -3.08. The van der Waals surface area contributed by atoms with E-state index in [1.807, 2.05) is 0 Å². The zero-order valence-corrected chi connectivity index (χ0v) is 7.94. The third kappa shape index (κ3) is 2.03. The summed E-state index contributed by atoms with van der Waals surface area (Å²) in [6, 6.07) is 1.45. The van der Waals surface area contributed by atoms with Gasteiger partial charge in [-0.3, -0.25) is 0 Å². The second-order valence-electron chi connectivity index (χ2n) is 2.35. The van der Waals surface area contributed by atoms with Crippen LogP contribution in [-0.2, 0) is 5.33 Å². The van der Waals surface area contributed by atoms with Crippen LogP contribution in [0, 0.1) is 11.6 Å². The molecule has 1 aromatic rings. The topological polar surface area (TPSA) is 37.3 Å². The number of alkyl halides is 1. The van der Waals surface area contributed by atoms with E-state index in [1.165, 1.54) is 0 Å². The Morgan fingerprint density at radius 1 is 1.46 bits per heavy atom. The molecule has 0 atom stereocenters. The minimum Gasteiger partial charge on any atom is -0.478 e. The van der Waals surface area contributed by atoms with Crippen molar-refractivity contribution >= 4 is 21.9 Å². The molecule has 0 saturated heterocycles. The van der Waals surface area contributed by atoms with Gasteiger partial charge in [0.1, 0.15) is 11.6 Å². The summed E-state index contributed by atoms with van der Waals surface area (Å²) < 4.78 is 25.5. The van der Waals surface area contributed by atoms with E-state index in [4.69, 9.17) is 5.11 Å².